The fraction of sp³-hybridized carbons (Fsp3) is 0.727. The molecule has 18 heavy (non-hydrogen) atoms. The van der Waals surface area contributed by atoms with Crippen LogP contribution in [0.3, 0.4) is 0 Å². The van der Waals surface area contributed by atoms with E-state index >= 15 is 0 Å². The molecule has 0 saturated carbocycles. The molecule has 0 aliphatic rings. The third kappa shape index (κ3) is 24.2. The van der Waals surface area contributed by atoms with E-state index in [-0.39, 0.29) is 0 Å². The Labute approximate surface area is 105 Å². The molecular formula is C11H19F3N2O2. The molecule has 106 valence electrons. The third-order valence-corrected chi connectivity index (χ3v) is 1.53. The summed E-state index contributed by atoms with van der Waals surface area (Å²) in [4.78, 5) is 8.75. The Balaban J connectivity index is 0. The number of aldehydes is 1. The predicted molar refractivity (Wildman–Crippen MR) is 62.9 cm³/mol. The Bertz CT molecular complexity index is 211. The van der Waals surface area contributed by atoms with Crippen molar-refractivity contribution in [1.29, 1.82) is 0 Å². The van der Waals surface area contributed by atoms with Gasteiger partial charge in [0.05, 0.1) is 6.61 Å². The Morgan fingerprint density at radius 1 is 1.28 bits per heavy atom. The molecule has 0 aromatic rings. The molecule has 0 saturated heterocycles. The van der Waals surface area contributed by atoms with Gasteiger partial charge in [-0.15, -0.1) is 16.8 Å². The first-order valence-electron chi connectivity index (χ1n) is 5.47. The van der Waals surface area contributed by atoms with Crippen LogP contribution in [-0.2, 0) is 9.53 Å². The number of hydrogen-bond acceptors (Lipinski definition) is 4. The summed E-state index contributed by atoms with van der Waals surface area (Å²) in [7, 11) is 0. The highest BCUT2D eigenvalue weighted by Crippen LogP contribution is 1.81. The lowest BCUT2D eigenvalue weighted by Crippen LogP contribution is -2.21. The maximum atomic E-state index is 11.4. The summed E-state index contributed by atoms with van der Waals surface area (Å²) in [6, 6.07) is 0. The molecule has 2 N–H and O–H groups in total. The topological polar surface area (TPSA) is 50.4 Å². The van der Waals surface area contributed by atoms with Gasteiger partial charge >= 0.3 is 0 Å². The van der Waals surface area contributed by atoms with Crippen molar-refractivity contribution in [2.45, 2.75) is 19.3 Å². The van der Waals surface area contributed by atoms with E-state index in [4.69, 9.17) is 16.0 Å². The average molecular weight is 268 g/mol. The molecule has 0 aromatic carbocycles. The summed E-state index contributed by atoms with van der Waals surface area (Å²) in [6.07, 6.45) is 3.28. The van der Waals surface area contributed by atoms with Crippen LogP contribution in [0.25, 0.3) is 0 Å². The van der Waals surface area contributed by atoms with Crippen LogP contribution in [0.2, 0.25) is 0 Å². The highest BCUT2D eigenvalue weighted by atomic mass is 19.3. The number of hydrogen-bond donors (Lipinski definition) is 2. The van der Waals surface area contributed by atoms with Crippen molar-refractivity contribution in [2.24, 2.45) is 0 Å². The maximum absolute atomic E-state index is 11.4. The molecular weight excluding hydrogens is 249 g/mol. The van der Waals surface area contributed by atoms with Crippen LogP contribution in [0.4, 0.5) is 13.3 Å². The molecule has 0 spiro atoms. The second-order valence-electron chi connectivity index (χ2n) is 3.02. The van der Waals surface area contributed by atoms with Gasteiger partial charge in [-0.25, -0.2) is 8.78 Å². The molecule has 0 aliphatic carbocycles. The number of nitrogens with one attached hydrogen (secondary N) is 2. The molecule has 7 heteroatoms. The van der Waals surface area contributed by atoms with Gasteiger partial charge in [0.25, 0.3) is 6.43 Å². The monoisotopic (exact) mass is 268 g/mol. The highest BCUT2D eigenvalue weighted by Gasteiger charge is 1.91. The summed E-state index contributed by atoms with van der Waals surface area (Å²) >= 11 is 0. The minimum atomic E-state index is -2.80. The summed E-state index contributed by atoms with van der Waals surface area (Å²) in [5.41, 5.74) is 1.57. The van der Waals surface area contributed by atoms with Crippen molar-refractivity contribution >= 4 is 6.29 Å². The van der Waals surface area contributed by atoms with Crippen molar-refractivity contribution < 1.29 is 22.8 Å². The third-order valence-electron chi connectivity index (χ3n) is 1.53. The Morgan fingerprint density at radius 2 is 1.94 bits per heavy atom. The van der Waals surface area contributed by atoms with Gasteiger partial charge in [-0.3, -0.25) is 4.79 Å². The van der Waals surface area contributed by atoms with Gasteiger partial charge in [0, 0.05) is 32.7 Å². The van der Waals surface area contributed by atoms with E-state index < -0.39 is 12.7 Å². The molecule has 0 aromatic heterocycles. The first kappa shape index (κ1) is 19.2. The largest absolute Gasteiger partial charge is 0.380 e. The van der Waals surface area contributed by atoms with Crippen LogP contribution in [-0.4, -0.2) is 45.6 Å². The number of rotatable bonds is 10. The SMILES string of the molecule is C#CCCNCCOCCCNF.O=CC(F)F. The van der Waals surface area contributed by atoms with Crippen molar-refractivity contribution in [3.8, 4) is 12.3 Å². The molecule has 0 aliphatic heterocycles. The smallest absolute Gasteiger partial charge is 0.293 e. The lowest BCUT2D eigenvalue weighted by Gasteiger charge is -2.03. The van der Waals surface area contributed by atoms with E-state index in [9.17, 15) is 13.3 Å². The van der Waals surface area contributed by atoms with Crippen molar-refractivity contribution in [3.63, 3.8) is 0 Å². The summed E-state index contributed by atoms with van der Waals surface area (Å²) in [5.74, 6) is 2.53. The van der Waals surface area contributed by atoms with Crippen LogP contribution in [0.5, 0.6) is 0 Å². The van der Waals surface area contributed by atoms with E-state index in [0.717, 1.165) is 19.5 Å². The number of alkyl halides is 2. The van der Waals surface area contributed by atoms with Gasteiger partial charge in [-0.1, -0.05) is 0 Å². The normalized spacial score (nSPS) is 9.50. The minimum absolute atomic E-state index is 0.352. The zero-order valence-corrected chi connectivity index (χ0v) is 10.1. The highest BCUT2D eigenvalue weighted by molar-refractivity contribution is 5.53. The molecule has 0 unspecified atom stereocenters. The standard InChI is InChI=1S/C9H17FN2O.C2H2F2O/c1-2-3-5-11-7-9-13-8-4-6-12-10;3-2(4)1-5/h1,11-12H,3-9H2;1-2H. The minimum Gasteiger partial charge on any atom is -0.380 e. The number of carbonyl (C=O) groups excluding carboxylic acids is 1. The van der Waals surface area contributed by atoms with E-state index in [2.05, 4.69) is 11.2 Å². The van der Waals surface area contributed by atoms with Crippen LogP contribution in [0.1, 0.15) is 12.8 Å². The second kappa shape index (κ2) is 18.3. The van der Waals surface area contributed by atoms with Crippen LogP contribution >= 0.6 is 0 Å². The van der Waals surface area contributed by atoms with Gasteiger partial charge in [0.2, 0.25) is 0 Å². The van der Waals surface area contributed by atoms with Crippen molar-refractivity contribution in [1.82, 2.24) is 10.9 Å². The van der Waals surface area contributed by atoms with Gasteiger partial charge < -0.3 is 10.1 Å². The van der Waals surface area contributed by atoms with Crippen molar-refractivity contribution in [3.05, 3.63) is 0 Å². The van der Waals surface area contributed by atoms with Gasteiger partial charge in [-0.2, -0.15) is 5.54 Å². The fourth-order valence-corrected chi connectivity index (χ4v) is 0.773. The average Bonchev–Trinajstić information content (AvgIpc) is 2.37. The lowest BCUT2D eigenvalue weighted by molar-refractivity contribution is -0.116. The van der Waals surface area contributed by atoms with Crippen molar-refractivity contribution in [2.75, 3.05) is 32.8 Å². The van der Waals surface area contributed by atoms with Gasteiger partial charge in [0.15, 0.2) is 6.29 Å². The molecule has 0 fully saturated rings. The lowest BCUT2D eigenvalue weighted by atomic mass is 10.4. The van der Waals surface area contributed by atoms with Crippen LogP contribution < -0.4 is 10.9 Å². The van der Waals surface area contributed by atoms with Gasteiger partial charge in [-0.05, 0) is 6.42 Å². The fourth-order valence-electron chi connectivity index (χ4n) is 0.773. The summed E-state index contributed by atoms with van der Waals surface area (Å²) < 4.78 is 37.4. The first-order valence-corrected chi connectivity index (χ1v) is 5.47. The summed E-state index contributed by atoms with van der Waals surface area (Å²) in [6.45, 7) is 3.21. The molecule has 4 nitrogen and oxygen atoms in total. The molecule has 0 radical (unpaired) electrons. The van der Waals surface area contributed by atoms with Crippen LogP contribution in [0.15, 0.2) is 0 Å². The van der Waals surface area contributed by atoms with Gasteiger partial charge in [0.1, 0.15) is 0 Å². The second-order valence-corrected chi connectivity index (χ2v) is 3.02. The Hall–Kier alpha value is -1.10. The van der Waals surface area contributed by atoms with E-state index in [0.29, 0.717) is 26.2 Å². The Kier molecular flexibility index (Phi) is 19.5. The number of halogens is 3. The number of carbonyl (C=O) groups is 1. The van der Waals surface area contributed by atoms with E-state index in [1.165, 1.54) is 0 Å². The quantitative estimate of drug-likeness (QED) is 0.268. The molecule has 0 rings (SSSR count). The molecule has 0 heterocycles. The first-order chi connectivity index (χ1) is 8.68. The molecule has 0 atom stereocenters. The zero-order chi connectivity index (χ0) is 14.1. The molecule has 0 amide bonds. The summed E-state index contributed by atoms with van der Waals surface area (Å²) in [5, 5.41) is 3.12. The van der Waals surface area contributed by atoms with Crippen LogP contribution in [0, 0.1) is 12.3 Å². The van der Waals surface area contributed by atoms with E-state index in [1.807, 2.05) is 0 Å². The van der Waals surface area contributed by atoms with E-state index in [1.54, 1.807) is 5.54 Å². The predicted octanol–water partition coefficient (Wildman–Crippen LogP) is 0.930. The Morgan fingerprint density at radius 3 is 2.44 bits per heavy atom. The number of terminal acetylenes is 1. The maximum Gasteiger partial charge on any atom is 0.293 e. The zero-order valence-electron chi connectivity index (χ0n) is 10.1. The molecule has 0 bridgehead atoms. The number of ether oxygens (including phenoxy) is 1.